The Balaban J connectivity index is 1.33. The molecule has 6 heteroatoms. The molecule has 2 aromatic carbocycles. The van der Waals surface area contributed by atoms with Gasteiger partial charge in [0.15, 0.2) is 5.82 Å². The van der Waals surface area contributed by atoms with Gasteiger partial charge in [-0.15, -0.1) is 5.10 Å². The van der Waals surface area contributed by atoms with Gasteiger partial charge < -0.3 is 14.7 Å². The summed E-state index contributed by atoms with van der Waals surface area (Å²) >= 11 is 0. The summed E-state index contributed by atoms with van der Waals surface area (Å²) in [7, 11) is 0. The van der Waals surface area contributed by atoms with Crippen LogP contribution in [0.1, 0.15) is 17.5 Å². The number of nitrogens with zero attached hydrogens (tertiary/aromatic N) is 6. The van der Waals surface area contributed by atoms with Crippen molar-refractivity contribution in [1.29, 1.82) is 0 Å². The molecule has 3 aromatic rings. The van der Waals surface area contributed by atoms with Crippen molar-refractivity contribution >= 4 is 23.1 Å². The Kier molecular flexibility index (Phi) is 4.76. The minimum Gasteiger partial charge on any atom is -0.368 e. The van der Waals surface area contributed by atoms with Crippen LogP contribution in [0.3, 0.4) is 0 Å². The maximum atomic E-state index is 4.89. The van der Waals surface area contributed by atoms with Gasteiger partial charge in [0.05, 0.1) is 6.20 Å². The first-order valence-corrected chi connectivity index (χ1v) is 10.4. The Hall–Kier alpha value is -3.15. The second-order valence-electron chi connectivity index (χ2n) is 7.81. The van der Waals surface area contributed by atoms with Crippen molar-refractivity contribution < 1.29 is 0 Å². The summed E-state index contributed by atoms with van der Waals surface area (Å²) in [6.45, 7) is 6.91. The molecular formula is C23H26N6. The molecule has 0 spiro atoms. The Labute approximate surface area is 171 Å². The fraction of sp³-hybridized carbons (Fsp3) is 0.348. The standard InChI is InChI=1S/C23H26N6/c1-18-6-4-9-20(16-18)27-12-14-28(15-13-27)22-17-24-26-23(25-22)29-11-5-8-19-7-2-3-10-21(19)29/h2-4,6-7,9-10,16-17H,5,8,11-15H2,1H3. The molecule has 0 unspecified atom stereocenters. The predicted molar refractivity (Wildman–Crippen MR) is 117 cm³/mol. The maximum Gasteiger partial charge on any atom is 0.251 e. The van der Waals surface area contributed by atoms with Crippen LogP contribution in [0.25, 0.3) is 0 Å². The highest BCUT2D eigenvalue weighted by Crippen LogP contribution is 2.31. The Morgan fingerprint density at radius 3 is 2.55 bits per heavy atom. The monoisotopic (exact) mass is 386 g/mol. The van der Waals surface area contributed by atoms with E-state index >= 15 is 0 Å². The van der Waals surface area contributed by atoms with E-state index in [4.69, 9.17) is 4.98 Å². The third-order valence-corrected chi connectivity index (χ3v) is 5.86. The largest absolute Gasteiger partial charge is 0.368 e. The minimum atomic E-state index is 0.704. The van der Waals surface area contributed by atoms with E-state index in [0.717, 1.165) is 51.4 Å². The quantitative estimate of drug-likeness (QED) is 0.686. The van der Waals surface area contributed by atoms with Crippen molar-refractivity contribution in [3.05, 3.63) is 65.9 Å². The number of benzene rings is 2. The first-order chi connectivity index (χ1) is 14.3. The van der Waals surface area contributed by atoms with E-state index in [0.29, 0.717) is 5.95 Å². The lowest BCUT2D eigenvalue weighted by Gasteiger charge is -2.37. The summed E-state index contributed by atoms with van der Waals surface area (Å²) in [5, 5.41) is 8.64. The maximum absolute atomic E-state index is 4.89. The van der Waals surface area contributed by atoms with Gasteiger partial charge in [0, 0.05) is 44.1 Å². The van der Waals surface area contributed by atoms with Crippen molar-refractivity contribution in [3.8, 4) is 0 Å². The van der Waals surface area contributed by atoms with Crippen LogP contribution >= 0.6 is 0 Å². The molecule has 0 aliphatic carbocycles. The summed E-state index contributed by atoms with van der Waals surface area (Å²) in [5.74, 6) is 1.62. The number of rotatable bonds is 3. The highest BCUT2D eigenvalue weighted by atomic mass is 15.4. The van der Waals surface area contributed by atoms with Gasteiger partial charge in [-0.3, -0.25) is 0 Å². The summed E-state index contributed by atoms with van der Waals surface area (Å²) in [6.07, 6.45) is 4.02. The van der Waals surface area contributed by atoms with E-state index < -0.39 is 0 Å². The molecule has 6 nitrogen and oxygen atoms in total. The van der Waals surface area contributed by atoms with Crippen LogP contribution in [-0.2, 0) is 6.42 Å². The smallest absolute Gasteiger partial charge is 0.251 e. The van der Waals surface area contributed by atoms with Crippen LogP contribution in [0.2, 0.25) is 0 Å². The SMILES string of the molecule is Cc1cccc(N2CCN(c3cnnc(N4CCCc5ccccc54)n3)CC2)c1. The zero-order valence-electron chi connectivity index (χ0n) is 16.8. The van der Waals surface area contributed by atoms with Gasteiger partial charge in [-0.25, -0.2) is 0 Å². The molecule has 2 aliphatic rings. The van der Waals surface area contributed by atoms with Crippen LogP contribution in [0.4, 0.5) is 23.1 Å². The van der Waals surface area contributed by atoms with Gasteiger partial charge in [-0.2, -0.15) is 10.1 Å². The molecule has 0 radical (unpaired) electrons. The molecular weight excluding hydrogens is 360 g/mol. The van der Waals surface area contributed by atoms with Crippen LogP contribution in [0.15, 0.2) is 54.7 Å². The van der Waals surface area contributed by atoms with E-state index in [1.165, 1.54) is 22.5 Å². The molecule has 1 aromatic heterocycles. The van der Waals surface area contributed by atoms with Crippen molar-refractivity contribution in [2.24, 2.45) is 0 Å². The van der Waals surface area contributed by atoms with E-state index in [-0.39, 0.29) is 0 Å². The average Bonchev–Trinajstić information content (AvgIpc) is 2.79. The molecule has 0 N–H and O–H groups in total. The molecule has 2 aliphatic heterocycles. The predicted octanol–water partition coefficient (Wildman–Crippen LogP) is 3.59. The number of piperazine rings is 1. The van der Waals surface area contributed by atoms with E-state index in [9.17, 15) is 0 Å². The van der Waals surface area contributed by atoms with Gasteiger partial charge in [0.1, 0.15) is 0 Å². The average molecular weight is 387 g/mol. The fourth-order valence-corrected chi connectivity index (χ4v) is 4.31. The van der Waals surface area contributed by atoms with E-state index in [1.54, 1.807) is 6.20 Å². The summed E-state index contributed by atoms with van der Waals surface area (Å²) in [6, 6.07) is 17.3. The number of aromatic nitrogens is 3. The molecule has 0 saturated carbocycles. The van der Waals surface area contributed by atoms with E-state index in [1.807, 2.05) is 0 Å². The molecule has 0 amide bonds. The number of hydrogen-bond acceptors (Lipinski definition) is 6. The highest BCUT2D eigenvalue weighted by Gasteiger charge is 2.23. The van der Waals surface area contributed by atoms with Gasteiger partial charge in [0.2, 0.25) is 0 Å². The van der Waals surface area contributed by atoms with Crippen molar-refractivity contribution in [2.75, 3.05) is 47.4 Å². The molecule has 0 bridgehead atoms. The van der Waals surface area contributed by atoms with Gasteiger partial charge in [-0.05, 0) is 49.1 Å². The van der Waals surface area contributed by atoms with Crippen LogP contribution in [0, 0.1) is 6.92 Å². The van der Waals surface area contributed by atoms with Crippen LogP contribution in [-0.4, -0.2) is 47.9 Å². The number of para-hydroxylation sites is 1. The topological polar surface area (TPSA) is 48.4 Å². The molecule has 5 rings (SSSR count). The second-order valence-corrected chi connectivity index (χ2v) is 7.81. The number of fused-ring (bicyclic) bond motifs is 1. The molecule has 148 valence electrons. The fourth-order valence-electron chi connectivity index (χ4n) is 4.31. The summed E-state index contributed by atoms with van der Waals surface area (Å²) < 4.78 is 0. The van der Waals surface area contributed by atoms with Crippen LogP contribution in [0.5, 0.6) is 0 Å². The minimum absolute atomic E-state index is 0.704. The van der Waals surface area contributed by atoms with Crippen molar-refractivity contribution in [3.63, 3.8) is 0 Å². The van der Waals surface area contributed by atoms with Gasteiger partial charge in [-0.1, -0.05) is 30.3 Å². The molecule has 0 atom stereocenters. The third-order valence-electron chi connectivity index (χ3n) is 5.86. The Morgan fingerprint density at radius 2 is 1.69 bits per heavy atom. The lowest BCUT2D eigenvalue weighted by molar-refractivity contribution is 0.642. The highest BCUT2D eigenvalue weighted by molar-refractivity contribution is 5.64. The second kappa shape index (κ2) is 7.70. The zero-order valence-corrected chi connectivity index (χ0v) is 16.8. The third kappa shape index (κ3) is 3.62. The van der Waals surface area contributed by atoms with Crippen molar-refractivity contribution in [2.45, 2.75) is 19.8 Å². The van der Waals surface area contributed by atoms with Crippen molar-refractivity contribution in [1.82, 2.24) is 15.2 Å². The lowest BCUT2D eigenvalue weighted by Crippen LogP contribution is -2.47. The first kappa shape index (κ1) is 17.9. The Morgan fingerprint density at radius 1 is 0.862 bits per heavy atom. The number of aryl methyl sites for hydroxylation is 2. The number of anilines is 4. The first-order valence-electron chi connectivity index (χ1n) is 10.4. The summed E-state index contributed by atoms with van der Waals surface area (Å²) in [5.41, 5.74) is 5.17. The normalized spacial score (nSPS) is 16.7. The molecule has 1 fully saturated rings. The van der Waals surface area contributed by atoms with Crippen LogP contribution < -0.4 is 14.7 Å². The summed E-state index contributed by atoms with van der Waals surface area (Å²) in [4.78, 5) is 11.9. The van der Waals surface area contributed by atoms with Gasteiger partial charge >= 0.3 is 0 Å². The molecule has 1 saturated heterocycles. The van der Waals surface area contributed by atoms with E-state index in [2.05, 4.69) is 80.4 Å². The number of hydrogen-bond donors (Lipinski definition) is 0. The lowest BCUT2D eigenvalue weighted by atomic mass is 10.0. The van der Waals surface area contributed by atoms with Gasteiger partial charge in [0.25, 0.3) is 5.95 Å². The molecule has 29 heavy (non-hydrogen) atoms. The Bertz CT molecular complexity index is 996. The zero-order chi connectivity index (χ0) is 19.6. The molecule has 3 heterocycles.